The largest absolute Gasteiger partial charge is 0.300 e. The molecule has 0 aromatic carbocycles. The van der Waals surface area contributed by atoms with Gasteiger partial charge >= 0.3 is 0 Å². The number of carbonyl (C=O) groups is 1. The Labute approximate surface area is 217 Å². The number of carbonyl (C=O) groups excluding carboxylic acids is 1. The predicted molar refractivity (Wildman–Crippen MR) is 155 cm³/mol. The second kappa shape index (κ2) is 30.7. The average Bonchev–Trinajstić information content (AvgIpc) is 2.83. The van der Waals surface area contributed by atoms with Crippen LogP contribution in [-0.4, -0.2) is 5.78 Å². The monoisotopic (exact) mass is 479 g/mol. The van der Waals surface area contributed by atoms with Crippen molar-refractivity contribution in [3.63, 3.8) is 0 Å². The molecule has 34 heavy (non-hydrogen) atoms. The van der Waals surface area contributed by atoms with Crippen molar-refractivity contribution in [1.29, 1.82) is 0 Å². The number of ketones is 1. The Bertz CT molecular complexity index is 375. The molecule has 0 heterocycles. The molecule has 0 rings (SSSR count). The topological polar surface area (TPSA) is 17.1 Å². The molecule has 0 unspecified atom stereocenters. The third-order valence-electron chi connectivity index (χ3n) is 7.63. The summed E-state index contributed by atoms with van der Waals surface area (Å²) < 4.78 is 0. The molecule has 0 aromatic rings. The van der Waals surface area contributed by atoms with Gasteiger partial charge in [-0.3, -0.25) is 0 Å². The van der Waals surface area contributed by atoms with E-state index >= 15 is 0 Å². The van der Waals surface area contributed by atoms with Crippen LogP contribution in [0.15, 0.2) is 0 Å². The number of hydrogen-bond donors (Lipinski definition) is 0. The molecule has 0 bridgehead atoms. The van der Waals surface area contributed by atoms with Gasteiger partial charge in [-0.25, -0.2) is 0 Å². The summed E-state index contributed by atoms with van der Waals surface area (Å²) >= 11 is 0. The van der Waals surface area contributed by atoms with Gasteiger partial charge in [-0.1, -0.05) is 187 Å². The quantitative estimate of drug-likeness (QED) is 0.0938. The van der Waals surface area contributed by atoms with Crippen LogP contribution in [0.1, 0.15) is 206 Å². The Hall–Kier alpha value is -0.330. The zero-order chi connectivity index (χ0) is 24.8. The zero-order valence-electron chi connectivity index (χ0n) is 24.1. The summed E-state index contributed by atoms with van der Waals surface area (Å²) in [6.45, 7) is 4.01. The van der Waals surface area contributed by atoms with Crippen molar-refractivity contribution in [3.05, 3.63) is 0 Å². The molecule has 0 amide bonds. The van der Waals surface area contributed by atoms with Crippen LogP contribution in [-0.2, 0) is 4.79 Å². The van der Waals surface area contributed by atoms with Gasteiger partial charge in [0.05, 0.1) is 0 Å². The molecule has 204 valence electrons. The molecule has 0 saturated heterocycles. The fourth-order valence-electron chi connectivity index (χ4n) is 5.22. The molecular weight excluding hydrogens is 412 g/mol. The molecule has 0 aliphatic heterocycles. The minimum atomic E-state index is 0.352. The summed E-state index contributed by atoms with van der Waals surface area (Å²) in [7, 11) is 0. The Morgan fingerprint density at radius 1 is 0.324 bits per heavy atom. The van der Waals surface area contributed by atoms with Crippen molar-refractivity contribution < 1.29 is 4.79 Å². The minimum Gasteiger partial charge on any atom is -0.300 e. The van der Waals surface area contributed by atoms with E-state index in [2.05, 4.69) is 6.92 Å². The molecule has 0 atom stereocenters. The van der Waals surface area contributed by atoms with Crippen LogP contribution in [0.3, 0.4) is 0 Å². The van der Waals surface area contributed by atoms with E-state index in [-0.39, 0.29) is 0 Å². The highest BCUT2D eigenvalue weighted by molar-refractivity contribution is 5.75. The van der Waals surface area contributed by atoms with Crippen LogP contribution in [0, 0.1) is 0 Å². The number of Topliss-reactive ketones (excluding diaryl/α,β-unsaturated/α-hetero) is 1. The lowest BCUT2D eigenvalue weighted by molar-refractivity contribution is -0.117. The van der Waals surface area contributed by atoms with E-state index < -0.39 is 0 Å². The van der Waals surface area contributed by atoms with Gasteiger partial charge in [0.2, 0.25) is 0 Å². The molecular formula is C33H66O. The third-order valence-corrected chi connectivity index (χ3v) is 7.63. The first kappa shape index (κ1) is 33.7. The highest BCUT2D eigenvalue weighted by Gasteiger charge is 1.97. The van der Waals surface area contributed by atoms with Gasteiger partial charge in [0.25, 0.3) is 0 Å². The molecule has 1 heteroatoms. The first-order valence-corrected chi connectivity index (χ1v) is 16.3. The molecule has 0 radical (unpaired) electrons. The Kier molecular flexibility index (Phi) is 30.4. The van der Waals surface area contributed by atoms with E-state index in [0.717, 1.165) is 12.8 Å². The molecule has 0 fully saturated rings. The van der Waals surface area contributed by atoms with Crippen molar-refractivity contribution in [2.75, 3.05) is 0 Å². The second-order valence-corrected chi connectivity index (χ2v) is 11.4. The van der Waals surface area contributed by atoms with Gasteiger partial charge in [-0.15, -0.1) is 0 Å². The molecule has 0 N–H and O–H groups in total. The van der Waals surface area contributed by atoms with Crippen LogP contribution in [0.5, 0.6) is 0 Å². The van der Waals surface area contributed by atoms with E-state index in [9.17, 15) is 4.79 Å². The Morgan fingerprint density at radius 3 is 0.676 bits per heavy atom. The number of rotatable bonds is 30. The van der Waals surface area contributed by atoms with E-state index in [4.69, 9.17) is 0 Å². The lowest BCUT2D eigenvalue weighted by atomic mass is 10.0. The van der Waals surface area contributed by atoms with Gasteiger partial charge in [0.15, 0.2) is 0 Å². The SMILES string of the molecule is CCCCCCCCCCCCCCCCCCCCCCCCCCCCCCCC(C)=O. The Morgan fingerprint density at radius 2 is 0.500 bits per heavy atom. The molecule has 0 aliphatic rings. The average molecular weight is 479 g/mol. The standard InChI is InChI=1S/C33H66O/c1-3-4-5-6-7-8-9-10-11-12-13-14-15-16-17-18-19-20-21-22-23-24-25-26-27-28-29-30-31-32-33(2)34/h3-32H2,1-2H3. The molecule has 1 nitrogen and oxygen atoms in total. The lowest BCUT2D eigenvalue weighted by Crippen LogP contribution is -1.89. The highest BCUT2D eigenvalue weighted by Crippen LogP contribution is 2.16. The summed E-state index contributed by atoms with van der Waals surface area (Å²) in [5, 5.41) is 0. The highest BCUT2D eigenvalue weighted by atomic mass is 16.1. The number of unbranched alkanes of at least 4 members (excludes halogenated alkanes) is 28. The van der Waals surface area contributed by atoms with Crippen molar-refractivity contribution in [3.8, 4) is 0 Å². The molecule has 0 saturated carbocycles. The normalized spacial score (nSPS) is 11.4. The second-order valence-electron chi connectivity index (χ2n) is 11.4. The van der Waals surface area contributed by atoms with Crippen molar-refractivity contribution >= 4 is 5.78 Å². The summed E-state index contributed by atoms with van der Waals surface area (Å²) in [6, 6.07) is 0. The Balaban J connectivity index is 3.01. The van der Waals surface area contributed by atoms with E-state index in [0.29, 0.717) is 5.78 Å². The van der Waals surface area contributed by atoms with E-state index in [1.54, 1.807) is 6.92 Å². The fraction of sp³-hybridized carbons (Fsp3) is 0.970. The maximum atomic E-state index is 10.9. The van der Waals surface area contributed by atoms with Crippen molar-refractivity contribution in [2.45, 2.75) is 206 Å². The van der Waals surface area contributed by atoms with Crippen LogP contribution in [0.2, 0.25) is 0 Å². The minimum absolute atomic E-state index is 0.352. The summed E-state index contributed by atoms with van der Waals surface area (Å²) in [4.78, 5) is 10.9. The van der Waals surface area contributed by atoms with E-state index in [1.165, 1.54) is 180 Å². The number of hydrogen-bond acceptors (Lipinski definition) is 1. The lowest BCUT2D eigenvalue weighted by Gasteiger charge is -2.04. The van der Waals surface area contributed by atoms with Crippen LogP contribution in [0.25, 0.3) is 0 Å². The van der Waals surface area contributed by atoms with Gasteiger partial charge in [-0.2, -0.15) is 0 Å². The summed E-state index contributed by atoms with van der Waals surface area (Å²) in [5.41, 5.74) is 0. The third kappa shape index (κ3) is 31.7. The summed E-state index contributed by atoms with van der Waals surface area (Å²) in [5.74, 6) is 0.352. The first-order chi connectivity index (χ1) is 16.8. The first-order valence-electron chi connectivity index (χ1n) is 16.3. The van der Waals surface area contributed by atoms with Gasteiger partial charge in [0.1, 0.15) is 5.78 Å². The fourth-order valence-corrected chi connectivity index (χ4v) is 5.22. The molecule has 0 aliphatic carbocycles. The van der Waals surface area contributed by atoms with Gasteiger partial charge in [0, 0.05) is 6.42 Å². The van der Waals surface area contributed by atoms with E-state index in [1.807, 2.05) is 0 Å². The predicted octanol–water partition coefficient (Wildman–Crippen LogP) is 12.3. The summed E-state index contributed by atoms with van der Waals surface area (Å²) in [6.07, 6.45) is 42.4. The smallest absolute Gasteiger partial charge is 0.129 e. The van der Waals surface area contributed by atoms with Crippen molar-refractivity contribution in [1.82, 2.24) is 0 Å². The maximum absolute atomic E-state index is 10.9. The zero-order valence-corrected chi connectivity index (χ0v) is 24.1. The maximum Gasteiger partial charge on any atom is 0.129 e. The van der Waals surface area contributed by atoms with Crippen LogP contribution in [0.4, 0.5) is 0 Å². The molecule has 0 spiro atoms. The van der Waals surface area contributed by atoms with Crippen LogP contribution >= 0.6 is 0 Å². The van der Waals surface area contributed by atoms with Crippen molar-refractivity contribution in [2.24, 2.45) is 0 Å². The van der Waals surface area contributed by atoms with Gasteiger partial charge < -0.3 is 4.79 Å². The molecule has 0 aromatic heterocycles. The van der Waals surface area contributed by atoms with Crippen LogP contribution < -0.4 is 0 Å². The van der Waals surface area contributed by atoms with Gasteiger partial charge in [-0.05, 0) is 13.3 Å².